The van der Waals surface area contributed by atoms with Crippen LogP contribution in [0.1, 0.15) is 56.3 Å². The fourth-order valence-corrected chi connectivity index (χ4v) is 2.55. The van der Waals surface area contributed by atoms with Gasteiger partial charge in [0.2, 0.25) is 0 Å². The van der Waals surface area contributed by atoms with Crippen LogP contribution in [0.2, 0.25) is 0 Å². The van der Waals surface area contributed by atoms with E-state index in [0.29, 0.717) is 6.42 Å². The van der Waals surface area contributed by atoms with Gasteiger partial charge in [0.05, 0.1) is 0 Å². The second-order valence-corrected chi connectivity index (χ2v) is 6.34. The minimum absolute atomic E-state index is 0.283. The van der Waals surface area contributed by atoms with Crippen LogP contribution in [0.5, 0.6) is 0 Å². The zero-order valence-electron chi connectivity index (χ0n) is 12.8. The summed E-state index contributed by atoms with van der Waals surface area (Å²) in [6, 6.07) is 10.5. The van der Waals surface area contributed by atoms with Gasteiger partial charge in [0, 0.05) is 18.0 Å². The van der Waals surface area contributed by atoms with Crippen molar-refractivity contribution in [2.75, 3.05) is 13.1 Å². The first-order chi connectivity index (χ1) is 9.66. The summed E-state index contributed by atoms with van der Waals surface area (Å²) in [7, 11) is 0. The number of rotatable bonds is 9. The van der Waals surface area contributed by atoms with E-state index in [1.165, 1.54) is 25.8 Å². The minimum atomic E-state index is 0.283. The molecule has 0 atom stereocenters. The predicted molar refractivity (Wildman–Crippen MR) is 84.1 cm³/mol. The van der Waals surface area contributed by atoms with Crippen LogP contribution in [0.25, 0.3) is 0 Å². The van der Waals surface area contributed by atoms with Crippen LogP contribution in [0.15, 0.2) is 30.3 Å². The Kier molecular flexibility index (Phi) is 5.78. The molecule has 0 unspecified atom stereocenters. The topological polar surface area (TPSA) is 20.3 Å². The number of benzene rings is 1. The maximum Gasteiger partial charge on any atom is 0.162 e. The van der Waals surface area contributed by atoms with Crippen LogP contribution >= 0.6 is 0 Å². The lowest BCUT2D eigenvalue weighted by molar-refractivity contribution is 0.0973. The highest BCUT2D eigenvalue weighted by atomic mass is 16.1. The van der Waals surface area contributed by atoms with Crippen LogP contribution in [0.4, 0.5) is 0 Å². The summed E-state index contributed by atoms with van der Waals surface area (Å²) in [5.41, 5.74) is 0.854. The van der Waals surface area contributed by atoms with E-state index in [0.717, 1.165) is 30.5 Å². The molecule has 20 heavy (non-hydrogen) atoms. The quantitative estimate of drug-likeness (QED) is 0.630. The molecule has 0 radical (unpaired) electrons. The molecule has 110 valence electrons. The monoisotopic (exact) mass is 273 g/mol. The highest BCUT2D eigenvalue weighted by molar-refractivity contribution is 5.95. The standard InChI is InChI=1S/C18H27NO/c1-15(2)12-14-19(17-10-11-17)13-6-9-18(20)16-7-4-3-5-8-16/h3-5,7-8,15,17H,6,9-14H2,1-2H3. The van der Waals surface area contributed by atoms with Crippen molar-refractivity contribution in [1.29, 1.82) is 0 Å². The van der Waals surface area contributed by atoms with Gasteiger partial charge in [-0.2, -0.15) is 0 Å². The smallest absolute Gasteiger partial charge is 0.162 e. The van der Waals surface area contributed by atoms with Gasteiger partial charge in [-0.3, -0.25) is 4.79 Å². The highest BCUT2D eigenvalue weighted by Gasteiger charge is 2.28. The first-order valence-corrected chi connectivity index (χ1v) is 7.99. The maximum absolute atomic E-state index is 12.1. The third kappa shape index (κ3) is 5.09. The second-order valence-electron chi connectivity index (χ2n) is 6.34. The molecule has 1 aromatic carbocycles. The molecule has 0 bridgehead atoms. The molecule has 1 aliphatic carbocycles. The van der Waals surface area contributed by atoms with Crippen LogP contribution in [0.3, 0.4) is 0 Å². The van der Waals surface area contributed by atoms with Crippen LogP contribution in [-0.4, -0.2) is 29.8 Å². The molecule has 0 N–H and O–H groups in total. The SMILES string of the molecule is CC(C)CCN(CCCC(=O)c1ccccc1)C1CC1. The van der Waals surface area contributed by atoms with E-state index in [4.69, 9.17) is 0 Å². The lowest BCUT2D eigenvalue weighted by atomic mass is 10.1. The summed E-state index contributed by atoms with van der Waals surface area (Å²) in [4.78, 5) is 14.7. The number of carbonyl (C=O) groups is 1. The lowest BCUT2D eigenvalue weighted by Crippen LogP contribution is -2.29. The van der Waals surface area contributed by atoms with Crippen molar-refractivity contribution in [3.05, 3.63) is 35.9 Å². The summed E-state index contributed by atoms with van der Waals surface area (Å²) in [5.74, 6) is 1.05. The molecular formula is C18H27NO. The number of hydrogen-bond donors (Lipinski definition) is 0. The van der Waals surface area contributed by atoms with E-state index in [-0.39, 0.29) is 5.78 Å². The number of nitrogens with zero attached hydrogens (tertiary/aromatic N) is 1. The number of ketones is 1. The molecule has 2 rings (SSSR count). The molecule has 0 aliphatic heterocycles. The number of hydrogen-bond acceptors (Lipinski definition) is 2. The largest absolute Gasteiger partial charge is 0.300 e. The zero-order chi connectivity index (χ0) is 14.4. The van der Waals surface area contributed by atoms with Crippen LogP contribution < -0.4 is 0 Å². The summed E-state index contributed by atoms with van der Waals surface area (Å²) < 4.78 is 0. The molecular weight excluding hydrogens is 246 g/mol. The molecule has 0 spiro atoms. The Morgan fingerprint density at radius 1 is 1.20 bits per heavy atom. The van der Waals surface area contributed by atoms with E-state index in [1.54, 1.807) is 0 Å². The summed E-state index contributed by atoms with van der Waals surface area (Å²) >= 11 is 0. The van der Waals surface area contributed by atoms with Gasteiger partial charge in [-0.25, -0.2) is 0 Å². The molecule has 1 aromatic rings. The summed E-state index contributed by atoms with van der Waals surface area (Å²) in [5, 5.41) is 0. The Bertz CT molecular complexity index is 409. The van der Waals surface area contributed by atoms with Crippen LogP contribution in [0, 0.1) is 5.92 Å². The van der Waals surface area contributed by atoms with Gasteiger partial charge in [0.1, 0.15) is 0 Å². The average Bonchev–Trinajstić information content (AvgIpc) is 3.27. The Morgan fingerprint density at radius 3 is 2.50 bits per heavy atom. The van der Waals surface area contributed by atoms with Crippen molar-refractivity contribution < 1.29 is 4.79 Å². The number of Topliss-reactive ketones (excluding diaryl/α,β-unsaturated/α-hetero) is 1. The second kappa shape index (κ2) is 7.58. The molecule has 2 heteroatoms. The van der Waals surface area contributed by atoms with E-state index < -0.39 is 0 Å². The number of carbonyl (C=O) groups excluding carboxylic acids is 1. The van der Waals surface area contributed by atoms with Gasteiger partial charge >= 0.3 is 0 Å². The van der Waals surface area contributed by atoms with E-state index in [9.17, 15) is 4.79 Å². The molecule has 1 saturated carbocycles. The van der Waals surface area contributed by atoms with Crippen molar-refractivity contribution in [3.8, 4) is 0 Å². The van der Waals surface area contributed by atoms with Crippen molar-refractivity contribution in [3.63, 3.8) is 0 Å². The summed E-state index contributed by atoms with van der Waals surface area (Å²) in [6.45, 7) is 6.84. The van der Waals surface area contributed by atoms with Gasteiger partial charge in [-0.1, -0.05) is 44.2 Å². The third-order valence-corrected chi connectivity index (χ3v) is 4.00. The Hall–Kier alpha value is -1.15. The highest BCUT2D eigenvalue weighted by Crippen LogP contribution is 2.27. The average molecular weight is 273 g/mol. The molecule has 1 aliphatic rings. The van der Waals surface area contributed by atoms with E-state index in [1.807, 2.05) is 30.3 Å². The molecule has 0 amide bonds. The maximum atomic E-state index is 12.1. The van der Waals surface area contributed by atoms with Crippen molar-refractivity contribution in [1.82, 2.24) is 4.90 Å². The third-order valence-electron chi connectivity index (χ3n) is 4.00. The Morgan fingerprint density at radius 2 is 1.90 bits per heavy atom. The van der Waals surface area contributed by atoms with Gasteiger partial charge < -0.3 is 4.90 Å². The molecule has 0 saturated heterocycles. The van der Waals surface area contributed by atoms with E-state index >= 15 is 0 Å². The zero-order valence-corrected chi connectivity index (χ0v) is 12.8. The fourth-order valence-electron chi connectivity index (χ4n) is 2.55. The first kappa shape index (κ1) is 15.2. The van der Waals surface area contributed by atoms with Crippen molar-refractivity contribution >= 4 is 5.78 Å². The Labute approximate surface area is 123 Å². The van der Waals surface area contributed by atoms with Gasteiger partial charge in [0.25, 0.3) is 0 Å². The van der Waals surface area contributed by atoms with Gasteiger partial charge in [-0.05, 0) is 44.7 Å². The molecule has 0 aromatic heterocycles. The molecule has 0 heterocycles. The van der Waals surface area contributed by atoms with Crippen molar-refractivity contribution in [2.45, 2.75) is 52.0 Å². The van der Waals surface area contributed by atoms with Gasteiger partial charge in [-0.15, -0.1) is 0 Å². The molecule has 1 fully saturated rings. The first-order valence-electron chi connectivity index (χ1n) is 7.99. The van der Waals surface area contributed by atoms with Crippen molar-refractivity contribution in [2.24, 2.45) is 5.92 Å². The predicted octanol–water partition coefficient (Wildman–Crippen LogP) is 4.16. The minimum Gasteiger partial charge on any atom is -0.300 e. The summed E-state index contributed by atoms with van der Waals surface area (Å²) in [6.07, 6.45) is 5.63. The Balaban J connectivity index is 1.71. The normalized spacial score (nSPS) is 15.0. The van der Waals surface area contributed by atoms with E-state index in [2.05, 4.69) is 18.7 Å². The fraction of sp³-hybridized carbons (Fsp3) is 0.611. The molecule has 2 nitrogen and oxygen atoms in total. The van der Waals surface area contributed by atoms with Gasteiger partial charge in [0.15, 0.2) is 5.78 Å². The van der Waals surface area contributed by atoms with Crippen LogP contribution in [-0.2, 0) is 0 Å². The lowest BCUT2D eigenvalue weighted by Gasteiger charge is -2.22.